The van der Waals surface area contributed by atoms with Crippen molar-refractivity contribution in [3.8, 4) is 0 Å². The summed E-state index contributed by atoms with van der Waals surface area (Å²) >= 11 is 0. The molecule has 0 saturated heterocycles. The lowest BCUT2D eigenvalue weighted by atomic mass is 10.1. The van der Waals surface area contributed by atoms with Gasteiger partial charge in [-0.3, -0.25) is 14.9 Å². The Balaban J connectivity index is 2.25. The van der Waals surface area contributed by atoms with Gasteiger partial charge in [0.05, 0.1) is 10.5 Å². The number of nitrogens with one attached hydrogen (secondary N) is 1. The summed E-state index contributed by atoms with van der Waals surface area (Å²) in [4.78, 5) is 24.6. The van der Waals surface area contributed by atoms with E-state index in [0.29, 0.717) is 12.2 Å². The molecular weight excluding hydrogens is 294 g/mol. The Kier molecular flexibility index (Phi) is 4.95. The molecule has 0 aromatic heterocycles. The number of amides is 1. The highest BCUT2D eigenvalue weighted by molar-refractivity contribution is 6.00. The number of benzene rings is 2. The molecule has 1 amide bonds. The summed E-state index contributed by atoms with van der Waals surface area (Å²) < 4.78 is 0. The zero-order valence-electron chi connectivity index (χ0n) is 13.4. The fourth-order valence-corrected chi connectivity index (χ4v) is 2.29. The van der Waals surface area contributed by atoms with Crippen molar-refractivity contribution in [1.29, 1.82) is 0 Å². The van der Waals surface area contributed by atoms with E-state index in [1.54, 1.807) is 25.1 Å². The van der Waals surface area contributed by atoms with Crippen LogP contribution in [-0.4, -0.2) is 29.8 Å². The smallest absolute Gasteiger partial charge is 0.270 e. The number of hydrogen-bond donors (Lipinski definition) is 1. The van der Waals surface area contributed by atoms with Crippen LogP contribution in [0.5, 0.6) is 0 Å². The minimum atomic E-state index is -0.504. The summed E-state index contributed by atoms with van der Waals surface area (Å²) in [5, 5.41) is 13.8. The Bertz CT molecular complexity index is 726. The molecule has 0 fully saturated rings. The van der Waals surface area contributed by atoms with Crippen LogP contribution in [0.1, 0.15) is 21.5 Å². The number of carbonyl (C=O) groups excluding carboxylic acids is 1. The maximum absolute atomic E-state index is 12.6. The van der Waals surface area contributed by atoms with Crippen molar-refractivity contribution < 1.29 is 9.72 Å². The van der Waals surface area contributed by atoms with Gasteiger partial charge in [-0.15, -0.1) is 0 Å². The zero-order valence-corrected chi connectivity index (χ0v) is 13.4. The number of nitro groups is 1. The van der Waals surface area contributed by atoms with Gasteiger partial charge < -0.3 is 10.2 Å². The van der Waals surface area contributed by atoms with Crippen molar-refractivity contribution in [2.24, 2.45) is 0 Å². The molecule has 0 aliphatic carbocycles. The molecule has 6 nitrogen and oxygen atoms in total. The van der Waals surface area contributed by atoms with E-state index in [1.807, 2.05) is 31.2 Å². The van der Waals surface area contributed by atoms with Gasteiger partial charge in [-0.1, -0.05) is 29.8 Å². The Morgan fingerprint density at radius 1 is 1.22 bits per heavy atom. The molecule has 2 aromatic carbocycles. The summed E-state index contributed by atoms with van der Waals surface area (Å²) in [6, 6.07) is 12.1. The monoisotopic (exact) mass is 313 g/mol. The fraction of sp³-hybridized carbons (Fsp3) is 0.235. The highest BCUT2D eigenvalue weighted by atomic mass is 16.6. The lowest BCUT2D eigenvalue weighted by Crippen LogP contribution is -2.27. The Morgan fingerprint density at radius 2 is 1.87 bits per heavy atom. The summed E-state index contributed by atoms with van der Waals surface area (Å²) in [5.41, 5.74) is 2.91. The predicted octanol–water partition coefficient (Wildman–Crippen LogP) is 3.22. The standard InChI is InChI=1S/C17H19N3O3/c1-12-4-6-13(7-5-12)11-19(3)17(21)15-10-14(20(22)23)8-9-16(15)18-2/h4-10,18H,11H2,1-3H3. The number of nitro benzene ring substituents is 1. The van der Waals surface area contributed by atoms with E-state index in [0.717, 1.165) is 11.1 Å². The third-order valence-electron chi connectivity index (χ3n) is 3.60. The van der Waals surface area contributed by atoms with Crippen LogP contribution in [0.4, 0.5) is 11.4 Å². The van der Waals surface area contributed by atoms with Gasteiger partial charge >= 0.3 is 0 Å². The van der Waals surface area contributed by atoms with Crippen LogP contribution in [0.15, 0.2) is 42.5 Å². The number of nitrogens with zero attached hydrogens (tertiary/aromatic N) is 2. The Morgan fingerprint density at radius 3 is 2.43 bits per heavy atom. The van der Waals surface area contributed by atoms with Gasteiger partial charge in [0.1, 0.15) is 0 Å². The van der Waals surface area contributed by atoms with E-state index >= 15 is 0 Å². The van der Waals surface area contributed by atoms with Gasteiger partial charge in [-0.25, -0.2) is 0 Å². The normalized spacial score (nSPS) is 10.2. The second kappa shape index (κ2) is 6.91. The average molecular weight is 313 g/mol. The molecule has 23 heavy (non-hydrogen) atoms. The van der Waals surface area contributed by atoms with Gasteiger partial charge in [-0.2, -0.15) is 0 Å². The summed E-state index contributed by atoms with van der Waals surface area (Å²) in [6.07, 6.45) is 0. The fourth-order valence-electron chi connectivity index (χ4n) is 2.29. The summed E-state index contributed by atoms with van der Waals surface area (Å²) in [7, 11) is 3.36. The lowest BCUT2D eigenvalue weighted by Gasteiger charge is -2.19. The summed E-state index contributed by atoms with van der Waals surface area (Å²) in [5.74, 6) is -0.265. The summed E-state index contributed by atoms with van der Waals surface area (Å²) in [6.45, 7) is 2.44. The van der Waals surface area contributed by atoms with Gasteiger partial charge in [0.2, 0.25) is 0 Å². The molecule has 2 aromatic rings. The minimum absolute atomic E-state index is 0.101. The van der Waals surface area contributed by atoms with Crippen LogP contribution in [0.3, 0.4) is 0 Å². The molecule has 0 aliphatic rings. The van der Waals surface area contributed by atoms with E-state index in [1.165, 1.54) is 12.1 Å². The first-order valence-electron chi connectivity index (χ1n) is 7.19. The first-order valence-corrected chi connectivity index (χ1v) is 7.19. The number of aryl methyl sites for hydroxylation is 1. The number of non-ortho nitro benzene ring substituents is 1. The van der Waals surface area contributed by atoms with E-state index in [9.17, 15) is 14.9 Å². The van der Waals surface area contributed by atoms with Crippen LogP contribution in [0.2, 0.25) is 0 Å². The van der Waals surface area contributed by atoms with Crippen molar-refractivity contribution in [2.75, 3.05) is 19.4 Å². The third-order valence-corrected chi connectivity index (χ3v) is 3.60. The molecule has 0 heterocycles. The van der Waals surface area contributed by atoms with Gasteiger partial charge in [-0.05, 0) is 18.6 Å². The van der Waals surface area contributed by atoms with Gasteiger partial charge in [0, 0.05) is 38.5 Å². The van der Waals surface area contributed by atoms with Crippen LogP contribution in [0.25, 0.3) is 0 Å². The van der Waals surface area contributed by atoms with Crippen molar-refractivity contribution in [3.05, 3.63) is 69.3 Å². The molecule has 1 N–H and O–H groups in total. The number of anilines is 1. The Hall–Kier alpha value is -2.89. The molecule has 120 valence electrons. The second-order valence-corrected chi connectivity index (χ2v) is 5.38. The van der Waals surface area contributed by atoms with Gasteiger partial charge in [0.15, 0.2) is 0 Å². The van der Waals surface area contributed by atoms with E-state index in [4.69, 9.17) is 0 Å². The molecule has 0 atom stereocenters. The zero-order chi connectivity index (χ0) is 17.0. The van der Waals surface area contributed by atoms with Crippen molar-refractivity contribution in [1.82, 2.24) is 4.90 Å². The average Bonchev–Trinajstić information content (AvgIpc) is 2.55. The number of carbonyl (C=O) groups is 1. The minimum Gasteiger partial charge on any atom is -0.387 e. The topological polar surface area (TPSA) is 75.5 Å². The van der Waals surface area contributed by atoms with E-state index < -0.39 is 4.92 Å². The highest BCUT2D eigenvalue weighted by Crippen LogP contribution is 2.23. The largest absolute Gasteiger partial charge is 0.387 e. The van der Waals surface area contributed by atoms with Crippen LogP contribution in [0, 0.1) is 17.0 Å². The quantitative estimate of drug-likeness (QED) is 0.679. The maximum atomic E-state index is 12.6. The molecule has 0 radical (unpaired) electrons. The van der Waals surface area contributed by atoms with Crippen LogP contribution >= 0.6 is 0 Å². The molecule has 6 heteroatoms. The first-order chi connectivity index (χ1) is 10.9. The van der Waals surface area contributed by atoms with Gasteiger partial charge in [0.25, 0.3) is 11.6 Å². The molecule has 0 aliphatic heterocycles. The van der Waals surface area contributed by atoms with Crippen molar-refractivity contribution in [2.45, 2.75) is 13.5 Å². The highest BCUT2D eigenvalue weighted by Gasteiger charge is 2.19. The third kappa shape index (κ3) is 3.85. The second-order valence-electron chi connectivity index (χ2n) is 5.38. The molecule has 2 rings (SSSR count). The van der Waals surface area contributed by atoms with Crippen molar-refractivity contribution in [3.63, 3.8) is 0 Å². The van der Waals surface area contributed by atoms with E-state index in [-0.39, 0.29) is 17.2 Å². The molecule has 0 spiro atoms. The predicted molar refractivity (Wildman–Crippen MR) is 89.6 cm³/mol. The van der Waals surface area contributed by atoms with E-state index in [2.05, 4.69) is 5.32 Å². The molecule has 0 bridgehead atoms. The SMILES string of the molecule is CNc1ccc([N+](=O)[O-])cc1C(=O)N(C)Cc1ccc(C)cc1. The first kappa shape index (κ1) is 16.5. The molecular formula is C17H19N3O3. The number of rotatable bonds is 5. The van der Waals surface area contributed by atoms with Crippen LogP contribution in [-0.2, 0) is 6.54 Å². The van der Waals surface area contributed by atoms with Crippen molar-refractivity contribution >= 4 is 17.3 Å². The van der Waals surface area contributed by atoms with Crippen LogP contribution < -0.4 is 5.32 Å². The number of hydrogen-bond acceptors (Lipinski definition) is 4. The Labute approximate surface area is 134 Å². The molecule has 0 saturated carbocycles. The molecule has 0 unspecified atom stereocenters. The maximum Gasteiger partial charge on any atom is 0.270 e. The lowest BCUT2D eigenvalue weighted by molar-refractivity contribution is -0.384.